The molecule has 1 aliphatic rings. The summed E-state index contributed by atoms with van der Waals surface area (Å²) in [6.07, 6.45) is -0.228. The van der Waals surface area contributed by atoms with Gasteiger partial charge < -0.3 is 4.74 Å². The van der Waals surface area contributed by atoms with Crippen molar-refractivity contribution in [3.05, 3.63) is 58.9 Å². The fourth-order valence-corrected chi connectivity index (χ4v) is 3.62. The zero-order chi connectivity index (χ0) is 14.8. The SMILES string of the molecule is NNC(c1cc(F)ccc1Cl)C1CSc2ccccc2O1. The van der Waals surface area contributed by atoms with Crippen LogP contribution in [0.5, 0.6) is 5.75 Å². The van der Waals surface area contributed by atoms with Gasteiger partial charge in [0, 0.05) is 15.7 Å². The van der Waals surface area contributed by atoms with Gasteiger partial charge >= 0.3 is 0 Å². The van der Waals surface area contributed by atoms with Gasteiger partial charge in [0.05, 0.1) is 6.04 Å². The molecule has 2 aromatic rings. The van der Waals surface area contributed by atoms with E-state index in [1.54, 1.807) is 11.8 Å². The van der Waals surface area contributed by atoms with Gasteiger partial charge in [0.1, 0.15) is 17.7 Å². The predicted octanol–water partition coefficient (Wildman–Crippen LogP) is 3.54. The number of hydrogen-bond acceptors (Lipinski definition) is 4. The molecule has 0 aliphatic carbocycles. The first-order valence-electron chi connectivity index (χ1n) is 6.48. The van der Waals surface area contributed by atoms with Gasteiger partial charge in [-0.25, -0.2) is 9.82 Å². The van der Waals surface area contributed by atoms with Gasteiger partial charge in [-0.05, 0) is 35.9 Å². The molecule has 3 rings (SSSR count). The Kier molecular flexibility index (Phi) is 4.35. The molecule has 2 atom stereocenters. The first-order chi connectivity index (χ1) is 10.2. The number of hydrazine groups is 1. The summed E-state index contributed by atoms with van der Waals surface area (Å²) < 4.78 is 19.5. The molecule has 0 aromatic heterocycles. The minimum absolute atomic E-state index is 0.228. The molecule has 0 amide bonds. The fraction of sp³-hybridized carbons (Fsp3) is 0.200. The summed E-state index contributed by atoms with van der Waals surface area (Å²) >= 11 is 7.85. The fourth-order valence-electron chi connectivity index (χ4n) is 2.35. The summed E-state index contributed by atoms with van der Waals surface area (Å²) in [4.78, 5) is 1.09. The molecule has 1 aliphatic heterocycles. The second kappa shape index (κ2) is 6.23. The smallest absolute Gasteiger partial charge is 0.133 e. The molecule has 6 heteroatoms. The van der Waals surface area contributed by atoms with Gasteiger partial charge in [0.25, 0.3) is 0 Å². The van der Waals surface area contributed by atoms with Crippen LogP contribution in [0.3, 0.4) is 0 Å². The maximum atomic E-state index is 13.5. The average molecular weight is 325 g/mol. The van der Waals surface area contributed by atoms with E-state index in [-0.39, 0.29) is 18.0 Å². The summed E-state index contributed by atoms with van der Waals surface area (Å²) in [6, 6.07) is 11.7. The van der Waals surface area contributed by atoms with Crippen LogP contribution in [0, 0.1) is 5.82 Å². The number of halogens is 2. The number of nitrogens with one attached hydrogen (secondary N) is 1. The Morgan fingerprint density at radius 2 is 2.14 bits per heavy atom. The highest BCUT2D eigenvalue weighted by Crippen LogP contribution is 2.39. The van der Waals surface area contributed by atoms with Crippen LogP contribution in [0.1, 0.15) is 11.6 Å². The number of thioether (sulfide) groups is 1. The van der Waals surface area contributed by atoms with Crippen molar-refractivity contribution in [1.29, 1.82) is 0 Å². The van der Waals surface area contributed by atoms with Crippen LogP contribution < -0.4 is 16.0 Å². The molecular formula is C15H14ClFN2OS. The topological polar surface area (TPSA) is 47.3 Å². The highest BCUT2D eigenvalue weighted by atomic mass is 35.5. The average Bonchev–Trinajstić information content (AvgIpc) is 2.51. The Hall–Kier alpha value is -1.27. The lowest BCUT2D eigenvalue weighted by Crippen LogP contribution is -2.42. The van der Waals surface area contributed by atoms with Crippen LogP contribution >= 0.6 is 23.4 Å². The van der Waals surface area contributed by atoms with E-state index in [0.717, 1.165) is 10.6 Å². The maximum absolute atomic E-state index is 13.5. The molecule has 0 saturated carbocycles. The van der Waals surface area contributed by atoms with E-state index in [9.17, 15) is 4.39 Å². The standard InChI is InChI=1S/C15H14ClFN2OS/c16-11-6-5-9(17)7-10(11)15(19-18)13-8-21-14-4-2-1-3-12(14)20-13/h1-7,13,15,19H,8,18H2. The number of para-hydroxylation sites is 1. The second-order valence-electron chi connectivity index (χ2n) is 4.72. The number of benzene rings is 2. The quantitative estimate of drug-likeness (QED) is 0.669. The summed E-state index contributed by atoms with van der Waals surface area (Å²) in [6.45, 7) is 0. The normalized spacial score (nSPS) is 18.7. The van der Waals surface area contributed by atoms with E-state index in [2.05, 4.69) is 5.43 Å². The van der Waals surface area contributed by atoms with Gasteiger partial charge in [-0.15, -0.1) is 11.8 Å². The largest absolute Gasteiger partial charge is 0.486 e. The van der Waals surface area contributed by atoms with Crippen molar-refractivity contribution >= 4 is 23.4 Å². The van der Waals surface area contributed by atoms with Crippen molar-refractivity contribution < 1.29 is 9.13 Å². The molecule has 2 unspecified atom stereocenters. The molecule has 21 heavy (non-hydrogen) atoms. The van der Waals surface area contributed by atoms with Crippen LogP contribution in [0.25, 0.3) is 0 Å². The monoisotopic (exact) mass is 324 g/mol. The molecule has 0 spiro atoms. The number of ether oxygens (including phenoxy) is 1. The van der Waals surface area contributed by atoms with Gasteiger partial charge in [-0.1, -0.05) is 23.7 Å². The van der Waals surface area contributed by atoms with E-state index < -0.39 is 0 Å². The van der Waals surface area contributed by atoms with Gasteiger partial charge in [0.15, 0.2) is 0 Å². The van der Waals surface area contributed by atoms with E-state index in [0.29, 0.717) is 16.3 Å². The first kappa shape index (κ1) is 14.7. The zero-order valence-corrected chi connectivity index (χ0v) is 12.6. The van der Waals surface area contributed by atoms with E-state index in [1.807, 2.05) is 24.3 Å². The lowest BCUT2D eigenvalue weighted by molar-refractivity contribution is 0.167. The molecule has 3 nitrogen and oxygen atoms in total. The number of nitrogens with two attached hydrogens (primary N) is 1. The summed E-state index contributed by atoms with van der Waals surface area (Å²) in [5.74, 6) is 6.82. The Morgan fingerprint density at radius 3 is 2.95 bits per heavy atom. The molecule has 0 saturated heterocycles. The Labute approximate surface area is 131 Å². The summed E-state index contributed by atoms with van der Waals surface area (Å²) in [5, 5.41) is 0.465. The van der Waals surface area contributed by atoms with Crippen molar-refractivity contribution in [3.63, 3.8) is 0 Å². The molecule has 3 N–H and O–H groups in total. The van der Waals surface area contributed by atoms with E-state index >= 15 is 0 Å². The highest BCUT2D eigenvalue weighted by molar-refractivity contribution is 7.99. The van der Waals surface area contributed by atoms with Gasteiger partial charge in [-0.2, -0.15) is 0 Å². The Morgan fingerprint density at radius 1 is 1.33 bits per heavy atom. The lowest BCUT2D eigenvalue weighted by Gasteiger charge is -2.32. The molecule has 0 bridgehead atoms. The van der Waals surface area contributed by atoms with Crippen LogP contribution in [-0.2, 0) is 0 Å². The molecule has 2 aromatic carbocycles. The lowest BCUT2D eigenvalue weighted by atomic mass is 10.0. The molecular weight excluding hydrogens is 311 g/mol. The van der Waals surface area contributed by atoms with Gasteiger partial charge in [-0.3, -0.25) is 5.84 Å². The number of rotatable bonds is 3. The van der Waals surface area contributed by atoms with E-state index in [4.69, 9.17) is 22.2 Å². The number of hydrogen-bond donors (Lipinski definition) is 2. The minimum Gasteiger partial charge on any atom is -0.486 e. The zero-order valence-electron chi connectivity index (χ0n) is 11.1. The highest BCUT2D eigenvalue weighted by Gasteiger charge is 2.30. The molecule has 110 valence electrons. The van der Waals surface area contributed by atoms with Crippen molar-refractivity contribution in [3.8, 4) is 5.75 Å². The van der Waals surface area contributed by atoms with Crippen molar-refractivity contribution in [2.45, 2.75) is 17.0 Å². The maximum Gasteiger partial charge on any atom is 0.133 e. The third-order valence-corrected chi connectivity index (χ3v) is 4.86. The molecule has 1 heterocycles. The van der Waals surface area contributed by atoms with Crippen LogP contribution in [0.15, 0.2) is 47.4 Å². The third kappa shape index (κ3) is 3.01. The second-order valence-corrected chi connectivity index (χ2v) is 6.19. The summed E-state index contributed by atoms with van der Waals surface area (Å²) in [5.41, 5.74) is 3.30. The third-order valence-electron chi connectivity index (χ3n) is 3.38. The molecule has 0 radical (unpaired) electrons. The van der Waals surface area contributed by atoms with Crippen LogP contribution in [0.2, 0.25) is 5.02 Å². The Bertz CT molecular complexity index is 655. The Balaban J connectivity index is 1.90. The van der Waals surface area contributed by atoms with E-state index in [1.165, 1.54) is 18.2 Å². The van der Waals surface area contributed by atoms with Gasteiger partial charge in [0.2, 0.25) is 0 Å². The molecule has 0 fully saturated rings. The van der Waals surface area contributed by atoms with Crippen molar-refractivity contribution in [2.75, 3.05) is 5.75 Å². The van der Waals surface area contributed by atoms with Crippen molar-refractivity contribution in [1.82, 2.24) is 5.43 Å². The minimum atomic E-state index is -0.381. The van der Waals surface area contributed by atoms with Crippen LogP contribution in [0.4, 0.5) is 4.39 Å². The number of fused-ring (bicyclic) bond motifs is 1. The van der Waals surface area contributed by atoms with Crippen LogP contribution in [-0.4, -0.2) is 11.9 Å². The van der Waals surface area contributed by atoms with Crippen molar-refractivity contribution in [2.24, 2.45) is 5.84 Å². The first-order valence-corrected chi connectivity index (χ1v) is 7.85. The summed E-state index contributed by atoms with van der Waals surface area (Å²) in [7, 11) is 0. The predicted molar refractivity (Wildman–Crippen MR) is 83.1 cm³/mol.